The van der Waals surface area contributed by atoms with Gasteiger partial charge in [-0.2, -0.15) is 0 Å². The normalized spacial score (nSPS) is 18.2. The molecule has 0 saturated heterocycles. The number of ketones is 1. The van der Waals surface area contributed by atoms with E-state index in [9.17, 15) is 13.2 Å². The highest BCUT2D eigenvalue weighted by molar-refractivity contribution is 7.90. The molecule has 0 fully saturated rings. The molecule has 1 aliphatic rings. The van der Waals surface area contributed by atoms with E-state index in [1.54, 1.807) is 0 Å². The maximum Gasteiger partial charge on any atom is 0.196 e. The Morgan fingerprint density at radius 1 is 1.47 bits per heavy atom. The minimum atomic E-state index is -2.99. The quantitative estimate of drug-likeness (QED) is 0.637. The number of hydrogen-bond donors (Lipinski definition) is 0. The Hall–Kier alpha value is -1.30. The van der Waals surface area contributed by atoms with Crippen LogP contribution in [0.1, 0.15) is 28.8 Å². The molecular weight excluding hydrogens is 216 g/mol. The van der Waals surface area contributed by atoms with Crippen molar-refractivity contribution < 1.29 is 13.2 Å². The number of Topliss-reactive ketones (excluding diaryl/α,β-unsaturated/α-hetero) is 1. The van der Waals surface area contributed by atoms with Crippen LogP contribution < -0.4 is 0 Å². The van der Waals surface area contributed by atoms with Crippen LogP contribution in [0.4, 0.5) is 0 Å². The maximum atomic E-state index is 11.3. The van der Waals surface area contributed by atoms with E-state index < -0.39 is 9.84 Å². The van der Waals surface area contributed by atoms with Gasteiger partial charge in [-0.1, -0.05) is 0 Å². The predicted molar refractivity (Wildman–Crippen MR) is 53.2 cm³/mol. The molecule has 6 heteroatoms. The lowest BCUT2D eigenvalue weighted by Crippen LogP contribution is -2.21. The van der Waals surface area contributed by atoms with E-state index in [1.807, 2.05) is 0 Å². The second-order valence-corrected chi connectivity index (χ2v) is 5.75. The molecule has 0 atom stereocenters. The first kappa shape index (κ1) is 10.2. The SMILES string of the molecule is CC(=O)c1ncc2c(n1)CCS(=O)(=O)C2. The molecule has 0 amide bonds. The smallest absolute Gasteiger partial charge is 0.196 e. The zero-order chi connectivity index (χ0) is 11.1. The van der Waals surface area contributed by atoms with Gasteiger partial charge in [-0.15, -0.1) is 0 Å². The van der Waals surface area contributed by atoms with Crippen molar-refractivity contribution in [2.45, 2.75) is 19.1 Å². The van der Waals surface area contributed by atoms with E-state index in [-0.39, 0.29) is 23.1 Å². The fourth-order valence-electron chi connectivity index (χ4n) is 1.51. The molecule has 1 aromatic rings. The Kier molecular flexibility index (Phi) is 2.30. The zero-order valence-electron chi connectivity index (χ0n) is 8.23. The Morgan fingerprint density at radius 2 is 2.20 bits per heavy atom. The van der Waals surface area contributed by atoms with Gasteiger partial charge in [0.1, 0.15) is 0 Å². The van der Waals surface area contributed by atoms with Crippen molar-refractivity contribution >= 4 is 15.6 Å². The first-order valence-electron chi connectivity index (χ1n) is 4.54. The monoisotopic (exact) mass is 226 g/mol. The van der Waals surface area contributed by atoms with Crippen LogP contribution >= 0.6 is 0 Å². The van der Waals surface area contributed by atoms with Crippen molar-refractivity contribution in [3.63, 3.8) is 0 Å². The molecule has 80 valence electrons. The van der Waals surface area contributed by atoms with Gasteiger partial charge in [0, 0.05) is 30.8 Å². The van der Waals surface area contributed by atoms with Gasteiger partial charge < -0.3 is 0 Å². The summed E-state index contributed by atoms with van der Waals surface area (Å²) in [5, 5.41) is 0. The number of hydrogen-bond acceptors (Lipinski definition) is 5. The highest BCUT2D eigenvalue weighted by Crippen LogP contribution is 2.17. The fraction of sp³-hybridized carbons (Fsp3) is 0.444. The van der Waals surface area contributed by atoms with E-state index in [0.717, 1.165) is 0 Å². The first-order chi connectivity index (χ1) is 6.98. The Bertz CT molecular complexity index is 522. The molecule has 0 radical (unpaired) electrons. The molecule has 1 aromatic heterocycles. The third kappa shape index (κ3) is 2.04. The molecule has 2 rings (SSSR count). The molecular formula is C9H10N2O3S. The minimum Gasteiger partial charge on any atom is -0.291 e. The van der Waals surface area contributed by atoms with Crippen LogP contribution in [0.2, 0.25) is 0 Å². The topological polar surface area (TPSA) is 77.0 Å². The Balaban J connectivity index is 2.45. The van der Waals surface area contributed by atoms with Crippen LogP contribution in [0, 0.1) is 0 Å². The lowest BCUT2D eigenvalue weighted by Gasteiger charge is -2.14. The third-order valence-corrected chi connectivity index (χ3v) is 3.87. The fourth-order valence-corrected chi connectivity index (χ4v) is 2.87. The molecule has 15 heavy (non-hydrogen) atoms. The molecule has 0 aromatic carbocycles. The van der Waals surface area contributed by atoms with Gasteiger partial charge in [0.05, 0.1) is 11.5 Å². The van der Waals surface area contributed by atoms with Crippen LogP contribution in [0.15, 0.2) is 6.20 Å². The maximum absolute atomic E-state index is 11.3. The van der Waals surface area contributed by atoms with Crippen LogP contribution in [0.3, 0.4) is 0 Å². The van der Waals surface area contributed by atoms with Crippen molar-refractivity contribution in [3.8, 4) is 0 Å². The van der Waals surface area contributed by atoms with E-state index in [1.165, 1.54) is 13.1 Å². The largest absolute Gasteiger partial charge is 0.291 e. The molecule has 0 N–H and O–H groups in total. The summed E-state index contributed by atoms with van der Waals surface area (Å²) in [4.78, 5) is 18.9. The summed E-state index contributed by atoms with van der Waals surface area (Å²) in [6.07, 6.45) is 1.82. The van der Waals surface area contributed by atoms with Gasteiger partial charge in [0.25, 0.3) is 0 Å². The molecule has 1 aliphatic heterocycles. The number of carbonyl (C=O) groups is 1. The van der Waals surface area contributed by atoms with Crippen molar-refractivity contribution in [1.82, 2.24) is 9.97 Å². The van der Waals surface area contributed by atoms with E-state index in [0.29, 0.717) is 17.7 Å². The summed E-state index contributed by atoms with van der Waals surface area (Å²) in [6.45, 7) is 1.39. The van der Waals surface area contributed by atoms with Crippen LogP contribution in [0.5, 0.6) is 0 Å². The van der Waals surface area contributed by atoms with Crippen LogP contribution in [0.25, 0.3) is 0 Å². The number of nitrogens with zero attached hydrogens (tertiary/aromatic N) is 2. The van der Waals surface area contributed by atoms with Gasteiger partial charge in [-0.05, 0) is 0 Å². The summed E-state index contributed by atoms with van der Waals surface area (Å²) in [7, 11) is -2.99. The second-order valence-electron chi connectivity index (χ2n) is 3.56. The van der Waals surface area contributed by atoms with E-state index in [2.05, 4.69) is 9.97 Å². The van der Waals surface area contributed by atoms with Crippen molar-refractivity contribution in [1.29, 1.82) is 0 Å². The number of aromatic nitrogens is 2. The lowest BCUT2D eigenvalue weighted by atomic mass is 10.2. The van der Waals surface area contributed by atoms with Gasteiger partial charge in [0.2, 0.25) is 0 Å². The summed E-state index contributed by atoms with van der Waals surface area (Å²) < 4.78 is 22.6. The number of fused-ring (bicyclic) bond motifs is 1. The van der Waals surface area contributed by atoms with Gasteiger partial charge >= 0.3 is 0 Å². The van der Waals surface area contributed by atoms with Crippen LogP contribution in [-0.2, 0) is 22.0 Å². The summed E-state index contributed by atoms with van der Waals surface area (Å²) in [5.41, 5.74) is 1.30. The standard InChI is InChI=1S/C9H10N2O3S/c1-6(12)9-10-4-7-5-15(13,14)3-2-8(7)11-9/h4H,2-3,5H2,1H3. The van der Waals surface area contributed by atoms with Crippen molar-refractivity contribution in [3.05, 3.63) is 23.3 Å². The number of carbonyl (C=O) groups excluding carboxylic acids is 1. The molecule has 0 saturated carbocycles. The minimum absolute atomic E-state index is 0.0134. The molecule has 0 bridgehead atoms. The average Bonchev–Trinajstić information content (AvgIpc) is 2.15. The lowest BCUT2D eigenvalue weighted by molar-refractivity contribution is 0.100. The molecule has 2 heterocycles. The van der Waals surface area contributed by atoms with Gasteiger partial charge in [-0.3, -0.25) is 4.79 Å². The number of rotatable bonds is 1. The first-order valence-corrected chi connectivity index (χ1v) is 6.36. The summed E-state index contributed by atoms with van der Waals surface area (Å²) in [6, 6.07) is 0. The van der Waals surface area contributed by atoms with Gasteiger partial charge in [0.15, 0.2) is 21.4 Å². The summed E-state index contributed by atoms with van der Waals surface area (Å²) >= 11 is 0. The average molecular weight is 226 g/mol. The second kappa shape index (κ2) is 3.37. The van der Waals surface area contributed by atoms with Crippen LogP contribution in [-0.4, -0.2) is 29.9 Å². The third-order valence-electron chi connectivity index (χ3n) is 2.29. The predicted octanol–water partition coefficient (Wildman–Crippen LogP) is 0.150. The highest BCUT2D eigenvalue weighted by Gasteiger charge is 2.23. The molecule has 0 unspecified atom stereocenters. The van der Waals surface area contributed by atoms with Crippen molar-refractivity contribution in [2.75, 3.05) is 5.75 Å². The Labute approximate surface area is 87.5 Å². The van der Waals surface area contributed by atoms with Gasteiger partial charge in [-0.25, -0.2) is 18.4 Å². The van der Waals surface area contributed by atoms with Crippen molar-refractivity contribution in [2.24, 2.45) is 0 Å². The molecule has 0 aliphatic carbocycles. The van der Waals surface area contributed by atoms with E-state index >= 15 is 0 Å². The number of sulfone groups is 1. The highest BCUT2D eigenvalue weighted by atomic mass is 32.2. The molecule has 0 spiro atoms. The summed E-state index contributed by atoms with van der Waals surface area (Å²) in [5.74, 6) is 0.0498. The molecule has 5 nitrogen and oxygen atoms in total. The number of aryl methyl sites for hydroxylation is 1. The Morgan fingerprint density at radius 3 is 2.87 bits per heavy atom. The zero-order valence-corrected chi connectivity index (χ0v) is 9.04. The van der Waals surface area contributed by atoms with E-state index in [4.69, 9.17) is 0 Å².